The lowest BCUT2D eigenvalue weighted by Gasteiger charge is -2.15. The van der Waals surface area contributed by atoms with E-state index >= 15 is 0 Å². The summed E-state index contributed by atoms with van der Waals surface area (Å²) in [7, 11) is 1.27. The van der Waals surface area contributed by atoms with Gasteiger partial charge in [0.15, 0.2) is 0 Å². The first-order valence-corrected chi connectivity index (χ1v) is 11.0. The molecule has 0 atom stereocenters. The number of benzene rings is 3. The summed E-state index contributed by atoms with van der Waals surface area (Å²) in [5.74, 6) is 0. The second-order valence-electron chi connectivity index (χ2n) is 8.08. The van der Waals surface area contributed by atoms with Crippen LogP contribution in [0.15, 0.2) is 72.8 Å². The van der Waals surface area contributed by atoms with Gasteiger partial charge in [-0.05, 0) is 85.7 Å². The predicted molar refractivity (Wildman–Crippen MR) is 129 cm³/mol. The zero-order valence-corrected chi connectivity index (χ0v) is 18.8. The first-order valence-electron chi connectivity index (χ1n) is 10.2. The van der Waals surface area contributed by atoms with Crippen molar-refractivity contribution in [1.29, 1.82) is 0 Å². The molecule has 1 aromatic heterocycles. The van der Waals surface area contributed by atoms with Crippen LogP contribution in [-0.4, -0.2) is 0 Å². The summed E-state index contributed by atoms with van der Waals surface area (Å²) in [6.07, 6.45) is 0. The van der Waals surface area contributed by atoms with Crippen molar-refractivity contribution in [2.45, 2.75) is 34.6 Å². The first kappa shape index (κ1) is 19.6. The highest BCUT2D eigenvalue weighted by molar-refractivity contribution is 7.37. The third-order valence-corrected chi connectivity index (χ3v) is 6.82. The Kier molecular flexibility index (Phi) is 5.39. The summed E-state index contributed by atoms with van der Waals surface area (Å²) >= 11 is 0. The van der Waals surface area contributed by atoms with Crippen LogP contribution in [0.1, 0.15) is 27.8 Å². The van der Waals surface area contributed by atoms with E-state index in [9.17, 15) is 0 Å². The molecule has 0 bridgehead atoms. The Morgan fingerprint density at radius 3 is 1.48 bits per heavy atom. The highest BCUT2D eigenvalue weighted by Gasteiger charge is 2.12. The van der Waals surface area contributed by atoms with Gasteiger partial charge in [-0.1, -0.05) is 80.0 Å². The average molecular weight is 394 g/mol. The molecule has 0 radical (unpaired) electrons. The largest absolute Gasteiger partial charge is 0.0620 e. The lowest BCUT2D eigenvalue weighted by Crippen LogP contribution is -1.89. The minimum Gasteiger partial charge on any atom is -0.0620 e. The first-order chi connectivity index (χ1) is 13.9. The molecule has 0 amide bonds. The van der Waals surface area contributed by atoms with Gasteiger partial charge in [0.2, 0.25) is 0 Å². The Labute approximate surface area is 176 Å². The van der Waals surface area contributed by atoms with Crippen LogP contribution in [-0.2, 0) is 0 Å². The van der Waals surface area contributed by atoms with Gasteiger partial charge in [0.05, 0.1) is 0 Å². The van der Waals surface area contributed by atoms with E-state index in [1.807, 2.05) is 0 Å². The van der Waals surface area contributed by atoms with Gasteiger partial charge in [-0.25, -0.2) is 0 Å². The standard InChI is InChI=1S/C28H27P/c1-18-10-12-25(21(4)14-18)27-16-23(24-9-7-6-8-20(24)3)17-28(29-27)26-13-11-19(2)15-22(26)5/h6-17H,1-5H3. The van der Waals surface area contributed by atoms with Crippen LogP contribution in [0.2, 0.25) is 0 Å². The fourth-order valence-electron chi connectivity index (χ4n) is 4.06. The van der Waals surface area contributed by atoms with Crippen molar-refractivity contribution in [2.24, 2.45) is 0 Å². The van der Waals surface area contributed by atoms with Gasteiger partial charge in [-0.3, -0.25) is 0 Å². The van der Waals surface area contributed by atoms with Crippen molar-refractivity contribution < 1.29 is 0 Å². The number of rotatable bonds is 3. The summed E-state index contributed by atoms with van der Waals surface area (Å²) in [5.41, 5.74) is 11.9. The zero-order valence-electron chi connectivity index (χ0n) is 17.9. The van der Waals surface area contributed by atoms with E-state index in [1.165, 1.54) is 68.9 Å². The van der Waals surface area contributed by atoms with Crippen molar-refractivity contribution in [3.63, 3.8) is 0 Å². The molecule has 0 saturated heterocycles. The Balaban J connectivity index is 1.98. The maximum atomic E-state index is 2.38. The third-order valence-electron chi connectivity index (χ3n) is 5.60. The molecule has 4 aromatic rings. The van der Waals surface area contributed by atoms with Crippen molar-refractivity contribution in [3.8, 4) is 32.8 Å². The molecule has 0 unspecified atom stereocenters. The van der Waals surface area contributed by atoms with Gasteiger partial charge < -0.3 is 0 Å². The van der Waals surface area contributed by atoms with Gasteiger partial charge in [0.1, 0.15) is 0 Å². The summed E-state index contributed by atoms with van der Waals surface area (Å²) in [4.78, 5) is 0. The highest BCUT2D eigenvalue weighted by Crippen LogP contribution is 2.43. The molecule has 29 heavy (non-hydrogen) atoms. The molecule has 0 aliphatic carbocycles. The molecule has 0 aliphatic rings. The summed E-state index contributed by atoms with van der Waals surface area (Å²) in [6, 6.07) is 27.0. The van der Waals surface area contributed by atoms with E-state index in [0.29, 0.717) is 0 Å². The molecular formula is C28H27P. The van der Waals surface area contributed by atoms with E-state index in [-0.39, 0.29) is 0 Å². The normalized spacial score (nSPS) is 10.9. The van der Waals surface area contributed by atoms with Crippen LogP contribution in [0.3, 0.4) is 0 Å². The van der Waals surface area contributed by atoms with Gasteiger partial charge in [0.25, 0.3) is 0 Å². The van der Waals surface area contributed by atoms with E-state index < -0.39 is 0 Å². The Morgan fingerprint density at radius 2 is 1.00 bits per heavy atom. The van der Waals surface area contributed by atoms with E-state index in [0.717, 1.165) is 0 Å². The monoisotopic (exact) mass is 394 g/mol. The average Bonchev–Trinajstić information content (AvgIpc) is 2.68. The third kappa shape index (κ3) is 4.04. The molecular weight excluding hydrogens is 367 g/mol. The fourth-order valence-corrected chi connectivity index (χ4v) is 5.47. The second-order valence-corrected chi connectivity index (χ2v) is 9.27. The van der Waals surface area contributed by atoms with Crippen molar-refractivity contribution in [1.82, 2.24) is 0 Å². The summed E-state index contributed by atoms with van der Waals surface area (Å²) in [5, 5.41) is 2.75. The minimum absolute atomic E-state index is 1.27. The van der Waals surface area contributed by atoms with Crippen molar-refractivity contribution in [3.05, 3.63) is 101 Å². The molecule has 1 heterocycles. The van der Waals surface area contributed by atoms with Crippen LogP contribution < -0.4 is 0 Å². The number of aryl methyl sites for hydroxylation is 5. The topological polar surface area (TPSA) is 0 Å². The lowest BCUT2D eigenvalue weighted by atomic mass is 9.97. The van der Waals surface area contributed by atoms with E-state index in [1.54, 1.807) is 0 Å². The maximum absolute atomic E-state index is 2.38. The Morgan fingerprint density at radius 1 is 0.483 bits per heavy atom. The van der Waals surface area contributed by atoms with Crippen LogP contribution in [0.25, 0.3) is 32.8 Å². The predicted octanol–water partition coefficient (Wildman–Crippen LogP) is 8.81. The molecule has 0 nitrogen and oxygen atoms in total. The molecule has 0 spiro atoms. The van der Waals surface area contributed by atoms with Gasteiger partial charge >= 0.3 is 0 Å². The minimum atomic E-state index is 1.27. The SMILES string of the molecule is Cc1ccc(-c2cc(-c3ccccc3C)cc(-c3ccc(C)cc3C)p2)c(C)c1. The molecule has 0 N–H and O–H groups in total. The van der Waals surface area contributed by atoms with E-state index in [4.69, 9.17) is 0 Å². The number of hydrogen-bond donors (Lipinski definition) is 0. The van der Waals surface area contributed by atoms with Crippen LogP contribution >= 0.6 is 8.19 Å². The second kappa shape index (κ2) is 7.97. The van der Waals surface area contributed by atoms with E-state index in [2.05, 4.69) is 107 Å². The van der Waals surface area contributed by atoms with Gasteiger partial charge in [-0.15, -0.1) is 0 Å². The van der Waals surface area contributed by atoms with Crippen LogP contribution in [0.5, 0.6) is 0 Å². The molecule has 0 saturated carbocycles. The van der Waals surface area contributed by atoms with Crippen LogP contribution in [0.4, 0.5) is 0 Å². The molecule has 4 rings (SSSR count). The summed E-state index contributed by atoms with van der Waals surface area (Å²) < 4.78 is 0. The van der Waals surface area contributed by atoms with Gasteiger partial charge in [-0.2, -0.15) is 0 Å². The molecule has 0 aliphatic heterocycles. The maximum Gasteiger partial charge on any atom is 0.0105 e. The quantitative estimate of drug-likeness (QED) is 0.326. The molecule has 1 heteroatoms. The van der Waals surface area contributed by atoms with Gasteiger partial charge in [0, 0.05) is 10.6 Å². The Hall–Kier alpha value is -2.69. The highest BCUT2D eigenvalue weighted by atomic mass is 31.0. The smallest absolute Gasteiger partial charge is 0.0105 e. The zero-order chi connectivity index (χ0) is 20.5. The van der Waals surface area contributed by atoms with Crippen LogP contribution in [0, 0.1) is 34.6 Å². The Bertz CT molecular complexity index is 1130. The lowest BCUT2D eigenvalue weighted by molar-refractivity contribution is 1.38. The number of hydrogen-bond acceptors (Lipinski definition) is 0. The van der Waals surface area contributed by atoms with Crippen molar-refractivity contribution >= 4 is 8.19 Å². The van der Waals surface area contributed by atoms with Crippen molar-refractivity contribution in [2.75, 3.05) is 0 Å². The molecule has 0 fully saturated rings. The fraction of sp³-hybridized carbons (Fsp3) is 0.179. The molecule has 3 aromatic carbocycles. The molecule has 144 valence electrons. The summed E-state index contributed by atoms with van der Waals surface area (Å²) in [6.45, 7) is 11.0.